The molecule has 0 radical (unpaired) electrons. The Morgan fingerprint density at radius 2 is 1.13 bits per heavy atom. The van der Waals surface area contributed by atoms with Gasteiger partial charge in [-0.2, -0.15) is 0 Å². The fraction of sp³-hybridized carbons (Fsp3) is 0.196. The third-order valence-corrected chi connectivity index (χ3v) is 10.0. The third-order valence-electron chi connectivity index (χ3n) is 10.0. The second-order valence-corrected chi connectivity index (χ2v) is 14.2. The number of allylic oxidation sites excluding steroid dienone is 3. The Kier molecular flexibility index (Phi) is 9.33. The van der Waals surface area contributed by atoms with E-state index in [2.05, 4.69) is 188 Å². The molecular formula is C46H45N7. The van der Waals surface area contributed by atoms with Crippen LogP contribution in [-0.2, 0) is 0 Å². The summed E-state index contributed by atoms with van der Waals surface area (Å²) in [6.45, 7) is 8.33. The molecule has 0 spiro atoms. The number of hydrogen-bond donors (Lipinski definition) is 3. The predicted octanol–water partition coefficient (Wildman–Crippen LogP) is 9.31. The topological polar surface area (TPSA) is 76.4 Å². The average molecular weight is 696 g/mol. The lowest BCUT2D eigenvalue weighted by Gasteiger charge is -2.39. The summed E-state index contributed by atoms with van der Waals surface area (Å²) >= 11 is 0. The summed E-state index contributed by atoms with van der Waals surface area (Å²) in [5.74, 6) is 1.83. The van der Waals surface area contributed by atoms with E-state index in [1.54, 1.807) is 0 Å². The van der Waals surface area contributed by atoms with Gasteiger partial charge in [-0.3, -0.25) is 10.3 Å². The summed E-state index contributed by atoms with van der Waals surface area (Å²) in [5, 5.41) is 10.8. The molecule has 0 saturated heterocycles. The van der Waals surface area contributed by atoms with Gasteiger partial charge in [-0.1, -0.05) is 109 Å². The molecule has 4 atom stereocenters. The summed E-state index contributed by atoms with van der Waals surface area (Å²) in [5.41, 5.74) is 13.2. The normalized spacial score (nSPS) is 21.3. The van der Waals surface area contributed by atoms with Crippen molar-refractivity contribution in [3.05, 3.63) is 179 Å². The highest BCUT2D eigenvalue weighted by Gasteiger charge is 2.30. The van der Waals surface area contributed by atoms with Gasteiger partial charge >= 0.3 is 0 Å². The van der Waals surface area contributed by atoms with Gasteiger partial charge in [0.2, 0.25) is 0 Å². The maximum Gasteiger partial charge on any atom is 0.144 e. The maximum absolute atomic E-state index is 5.40. The molecule has 3 aliphatic heterocycles. The van der Waals surface area contributed by atoms with Gasteiger partial charge in [0.15, 0.2) is 0 Å². The molecule has 0 fully saturated rings. The van der Waals surface area contributed by atoms with E-state index < -0.39 is 0 Å². The van der Waals surface area contributed by atoms with E-state index in [9.17, 15) is 0 Å². The van der Waals surface area contributed by atoms with Crippen LogP contribution in [0.4, 0.5) is 0 Å². The van der Waals surface area contributed by atoms with Crippen LogP contribution in [0.15, 0.2) is 166 Å². The first-order chi connectivity index (χ1) is 25.8. The Balaban J connectivity index is 1.23. The number of nitrogens with one attached hydrogen (secondary N) is 3. The predicted molar refractivity (Wildman–Crippen MR) is 219 cm³/mol. The molecule has 264 valence electrons. The third kappa shape index (κ3) is 7.34. The van der Waals surface area contributed by atoms with Crippen molar-refractivity contribution in [3.8, 4) is 22.3 Å². The first kappa shape index (κ1) is 34.1. The van der Waals surface area contributed by atoms with Gasteiger partial charge in [-0.15, -0.1) is 0 Å². The van der Waals surface area contributed by atoms with Crippen molar-refractivity contribution in [2.75, 3.05) is 7.05 Å². The van der Waals surface area contributed by atoms with Gasteiger partial charge in [0.05, 0.1) is 0 Å². The zero-order chi connectivity index (χ0) is 36.5. The van der Waals surface area contributed by atoms with E-state index in [1.807, 2.05) is 6.92 Å². The van der Waals surface area contributed by atoms with Crippen LogP contribution in [0.3, 0.4) is 0 Å². The van der Waals surface area contributed by atoms with Crippen LogP contribution in [0.2, 0.25) is 0 Å². The summed E-state index contributed by atoms with van der Waals surface area (Å²) in [6.07, 6.45) is 3.83. The SMILES string of the molecule is CC1=CC(C)NC(c2ccc(-c3cc(C4=NC(c5ccccc5)NC(c5ccccc5)N4C)cc(-c4ccc(C5N=C(C)C=C(C)N5)cc4)c3)cc2)=N1. The first-order valence-electron chi connectivity index (χ1n) is 18.3. The van der Waals surface area contributed by atoms with E-state index in [4.69, 9.17) is 15.0 Å². The van der Waals surface area contributed by atoms with E-state index in [0.29, 0.717) is 0 Å². The summed E-state index contributed by atoms with van der Waals surface area (Å²) in [6, 6.07) is 45.7. The number of hydrogen-bond acceptors (Lipinski definition) is 7. The molecule has 0 aromatic heterocycles. The maximum atomic E-state index is 5.40. The number of nitrogens with zero attached hydrogens (tertiary/aromatic N) is 4. The van der Waals surface area contributed by atoms with Gasteiger partial charge in [0, 0.05) is 41.3 Å². The minimum atomic E-state index is -0.216. The molecule has 4 unspecified atom stereocenters. The Morgan fingerprint density at radius 3 is 1.75 bits per heavy atom. The summed E-state index contributed by atoms with van der Waals surface area (Å²) < 4.78 is 0. The number of amidine groups is 2. The Bertz CT molecular complexity index is 2270. The monoisotopic (exact) mass is 695 g/mol. The van der Waals surface area contributed by atoms with Gasteiger partial charge in [-0.25, -0.2) is 9.98 Å². The lowest BCUT2D eigenvalue weighted by atomic mass is 9.93. The quantitative estimate of drug-likeness (QED) is 0.159. The van der Waals surface area contributed by atoms with Crippen molar-refractivity contribution in [1.29, 1.82) is 0 Å². The van der Waals surface area contributed by atoms with Crippen molar-refractivity contribution >= 4 is 17.4 Å². The summed E-state index contributed by atoms with van der Waals surface area (Å²) in [4.78, 5) is 17.3. The lowest BCUT2D eigenvalue weighted by Crippen LogP contribution is -2.46. The molecule has 5 aromatic rings. The second kappa shape index (κ2) is 14.5. The van der Waals surface area contributed by atoms with Crippen LogP contribution in [-0.4, -0.2) is 35.4 Å². The molecule has 3 aliphatic rings. The van der Waals surface area contributed by atoms with Gasteiger partial charge in [0.25, 0.3) is 0 Å². The molecule has 0 bridgehead atoms. The van der Waals surface area contributed by atoms with Crippen LogP contribution in [0, 0.1) is 0 Å². The highest BCUT2D eigenvalue weighted by Crippen LogP contribution is 2.35. The molecule has 3 N–H and O–H groups in total. The van der Waals surface area contributed by atoms with Crippen molar-refractivity contribution in [2.45, 2.75) is 52.2 Å². The zero-order valence-corrected chi connectivity index (χ0v) is 30.9. The minimum Gasteiger partial charge on any atom is -0.364 e. The highest BCUT2D eigenvalue weighted by atomic mass is 15.4. The van der Waals surface area contributed by atoms with Crippen LogP contribution in [0.25, 0.3) is 22.3 Å². The molecule has 0 saturated carbocycles. The first-order valence-corrected chi connectivity index (χ1v) is 18.3. The van der Waals surface area contributed by atoms with Crippen molar-refractivity contribution in [2.24, 2.45) is 15.0 Å². The van der Waals surface area contributed by atoms with E-state index in [0.717, 1.165) is 73.3 Å². The Labute approximate surface area is 312 Å². The molecule has 0 amide bonds. The molecule has 7 nitrogen and oxygen atoms in total. The van der Waals surface area contributed by atoms with Crippen LogP contribution < -0.4 is 16.0 Å². The average Bonchev–Trinajstić information content (AvgIpc) is 3.18. The molecule has 7 heteroatoms. The van der Waals surface area contributed by atoms with Gasteiger partial charge in [0.1, 0.15) is 30.2 Å². The Morgan fingerprint density at radius 1 is 0.566 bits per heavy atom. The van der Waals surface area contributed by atoms with Gasteiger partial charge < -0.3 is 15.5 Å². The fourth-order valence-electron chi connectivity index (χ4n) is 7.46. The van der Waals surface area contributed by atoms with Gasteiger partial charge in [-0.05, 0) is 97.0 Å². The van der Waals surface area contributed by atoms with Crippen LogP contribution in [0.1, 0.15) is 74.0 Å². The number of rotatable bonds is 7. The minimum absolute atomic E-state index is 0.0762. The molecule has 3 heterocycles. The summed E-state index contributed by atoms with van der Waals surface area (Å²) in [7, 11) is 2.13. The second-order valence-electron chi connectivity index (χ2n) is 14.2. The van der Waals surface area contributed by atoms with Crippen LogP contribution in [0.5, 0.6) is 0 Å². The fourth-order valence-corrected chi connectivity index (χ4v) is 7.46. The zero-order valence-electron chi connectivity index (χ0n) is 30.9. The van der Waals surface area contributed by atoms with Crippen molar-refractivity contribution < 1.29 is 0 Å². The lowest BCUT2D eigenvalue weighted by molar-refractivity contribution is 0.257. The van der Waals surface area contributed by atoms with E-state index in [1.165, 1.54) is 5.56 Å². The molecule has 0 aliphatic carbocycles. The highest BCUT2D eigenvalue weighted by molar-refractivity contribution is 6.02. The molecule has 53 heavy (non-hydrogen) atoms. The largest absolute Gasteiger partial charge is 0.364 e. The number of aliphatic imine (C=N–C) groups is 3. The molecule has 8 rings (SSSR count). The van der Waals surface area contributed by atoms with E-state index in [-0.39, 0.29) is 24.5 Å². The van der Waals surface area contributed by atoms with Crippen LogP contribution >= 0.6 is 0 Å². The Hall–Kier alpha value is -6.05. The van der Waals surface area contributed by atoms with Crippen molar-refractivity contribution in [1.82, 2.24) is 20.9 Å². The number of benzene rings is 5. The molecular weight excluding hydrogens is 651 g/mol. The standard InChI is InChI=1S/C46H45N7/c1-29-24-30(2)48-42(47-29)36-20-16-33(17-21-36)39-26-40(34-18-22-37(23-19-34)43-49-31(3)25-32(4)50-43)28-41(27-39)46-52-44(35-12-8-6-9-13-35)51-45(53(46)5)38-14-10-7-11-15-38/h6-29,43-45,49,51H,1-5H3,(H,47,48). The smallest absolute Gasteiger partial charge is 0.144 e. The van der Waals surface area contributed by atoms with E-state index >= 15 is 0 Å². The molecule has 5 aromatic carbocycles. The van der Waals surface area contributed by atoms with Crippen molar-refractivity contribution in [3.63, 3.8) is 0 Å².